The Bertz CT molecular complexity index is 956. The van der Waals surface area contributed by atoms with Crippen molar-refractivity contribution < 1.29 is 9.59 Å². The van der Waals surface area contributed by atoms with Crippen LogP contribution in [0.2, 0.25) is 0 Å². The van der Waals surface area contributed by atoms with Crippen LogP contribution in [-0.4, -0.2) is 53.3 Å². The number of fused-ring (bicyclic) bond motifs is 1. The fourth-order valence-corrected chi connectivity index (χ4v) is 5.33. The van der Waals surface area contributed by atoms with Crippen LogP contribution in [0.4, 0.5) is 0 Å². The summed E-state index contributed by atoms with van der Waals surface area (Å²) in [6.45, 7) is 7.53. The summed E-state index contributed by atoms with van der Waals surface area (Å²) < 4.78 is 0. The van der Waals surface area contributed by atoms with E-state index in [1.165, 1.54) is 35.6 Å². The Labute approximate surface area is 191 Å². The van der Waals surface area contributed by atoms with E-state index in [1.54, 1.807) is 0 Å². The van der Waals surface area contributed by atoms with Crippen LogP contribution < -0.4 is 5.32 Å². The minimum atomic E-state index is -0.0893. The van der Waals surface area contributed by atoms with E-state index in [2.05, 4.69) is 65.7 Å². The summed E-state index contributed by atoms with van der Waals surface area (Å²) in [4.78, 5) is 29.1. The molecule has 2 aliphatic heterocycles. The Morgan fingerprint density at radius 1 is 1.06 bits per heavy atom. The van der Waals surface area contributed by atoms with Gasteiger partial charge >= 0.3 is 0 Å². The second-order valence-corrected chi connectivity index (χ2v) is 9.48. The maximum absolute atomic E-state index is 13.2. The predicted molar refractivity (Wildman–Crippen MR) is 127 cm³/mol. The lowest BCUT2D eigenvalue weighted by Gasteiger charge is -2.41. The average Bonchev–Trinajstić information content (AvgIpc) is 3.06. The summed E-state index contributed by atoms with van der Waals surface area (Å²) in [5.41, 5.74) is 5.27. The van der Waals surface area contributed by atoms with Crippen LogP contribution in [0, 0.1) is 6.92 Å². The molecule has 1 unspecified atom stereocenters. The van der Waals surface area contributed by atoms with E-state index in [0.29, 0.717) is 19.5 Å². The van der Waals surface area contributed by atoms with Crippen LogP contribution in [0.15, 0.2) is 48.5 Å². The molecule has 5 nitrogen and oxygen atoms in total. The Balaban J connectivity index is 1.53. The number of amides is 2. The molecule has 0 bridgehead atoms. The second kappa shape index (κ2) is 9.86. The monoisotopic (exact) mass is 433 g/mol. The molecule has 2 aromatic carbocycles. The normalized spacial score (nSPS) is 20.8. The van der Waals surface area contributed by atoms with Crippen LogP contribution in [-0.2, 0) is 29.0 Å². The van der Waals surface area contributed by atoms with Gasteiger partial charge in [-0.25, -0.2) is 0 Å². The number of benzene rings is 2. The molecule has 1 atom stereocenters. The highest BCUT2D eigenvalue weighted by Gasteiger charge is 2.44. The highest BCUT2D eigenvalue weighted by molar-refractivity contribution is 5.78. The fraction of sp³-hybridized carbons (Fsp3) is 0.481. The fourth-order valence-electron chi connectivity index (χ4n) is 5.33. The summed E-state index contributed by atoms with van der Waals surface area (Å²) in [5, 5.41) is 2.77. The molecule has 4 rings (SSSR count). The van der Waals surface area contributed by atoms with Crippen molar-refractivity contribution in [1.82, 2.24) is 15.1 Å². The number of carbonyl (C=O) groups is 2. The van der Waals surface area contributed by atoms with Gasteiger partial charge in [-0.1, -0.05) is 54.1 Å². The van der Waals surface area contributed by atoms with Gasteiger partial charge in [-0.3, -0.25) is 14.5 Å². The minimum Gasteiger partial charge on any atom is -0.356 e. The molecule has 2 heterocycles. The molecule has 2 aromatic rings. The lowest BCUT2D eigenvalue weighted by atomic mass is 9.87. The summed E-state index contributed by atoms with van der Waals surface area (Å²) in [6, 6.07) is 17.4. The first-order chi connectivity index (χ1) is 15.4. The zero-order valence-corrected chi connectivity index (χ0v) is 19.4. The Morgan fingerprint density at radius 2 is 1.81 bits per heavy atom. The molecule has 0 saturated carbocycles. The smallest absolute Gasteiger partial charge is 0.224 e. The van der Waals surface area contributed by atoms with Crippen LogP contribution >= 0.6 is 0 Å². The Morgan fingerprint density at radius 3 is 2.56 bits per heavy atom. The number of likely N-dealkylation sites (tertiary alicyclic amines) is 1. The van der Waals surface area contributed by atoms with Gasteiger partial charge in [0.2, 0.25) is 11.8 Å². The van der Waals surface area contributed by atoms with Crippen LogP contribution in [0.5, 0.6) is 0 Å². The van der Waals surface area contributed by atoms with E-state index in [9.17, 15) is 9.59 Å². The van der Waals surface area contributed by atoms with Crippen molar-refractivity contribution in [2.45, 2.75) is 58.0 Å². The number of aryl methyl sites for hydroxylation is 1. The third kappa shape index (κ3) is 5.21. The first-order valence-corrected chi connectivity index (χ1v) is 11.8. The van der Waals surface area contributed by atoms with E-state index in [4.69, 9.17) is 0 Å². The molecule has 1 saturated heterocycles. The van der Waals surface area contributed by atoms with Crippen molar-refractivity contribution in [2.75, 3.05) is 26.2 Å². The lowest BCUT2D eigenvalue weighted by Crippen LogP contribution is -2.54. The molecule has 1 N–H and O–H groups in total. The molecule has 5 heteroatoms. The number of carbonyl (C=O) groups excluding carboxylic acids is 2. The number of nitrogens with zero attached hydrogens (tertiary/aromatic N) is 2. The molecule has 1 fully saturated rings. The summed E-state index contributed by atoms with van der Waals surface area (Å²) in [7, 11) is 0. The minimum absolute atomic E-state index is 0.0129. The Kier molecular flexibility index (Phi) is 6.95. The van der Waals surface area contributed by atoms with Gasteiger partial charge in [0.25, 0.3) is 0 Å². The van der Waals surface area contributed by atoms with E-state index in [-0.39, 0.29) is 17.4 Å². The van der Waals surface area contributed by atoms with Gasteiger partial charge in [0.15, 0.2) is 0 Å². The van der Waals surface area contributed by atoms with E-state index >= 15 is 0 Å². The molecule has 2 aliphatic rings. The van der Waals surface area contributed by atoms with E-state index < -0.39 is 0 Å². The number of hydrogen-bond acceptors (Lipinski definition) is 3. The maximum Gasteiger partial charge on any atom is 0.224 e. The maximum atomic E-state index is 13.2. The van der Waals surface area contributed by atoms with Gasteiger partial charge in [-0.2, -0.15) is 0 Å². The van der Waals surface area contributed by atoms with Crippen molar-refractivity contribution in [3.63, 3.8) is 0 Å². The zero-order chi connectivity index (χ0) is 22.6. The lowest BCUT2D eigenvalue weighted by molar-refractivity contribution is -0.133. The van der Waals surface area contributed by atoms with Gasteiger partial charge in [0.1, 0.15) is 0 Å². The van der Waals surface area contributed by atoms with Crippen molar-refractivity contribution in [3.05, 3.63) is 70.8 Å². The molecule has 0 aliphatic carbocycles. The molecular weight excluding hydrogens is 398 g/mol. The molecular formula is C27H35N3O2. The quantitative estimate of drug-likeness (QED) is 0.759. The summed E-state index contributed by atoms with van der Waals surface area (Å²) in [5.74, 6) is 0.0359. The highest BCUT2D eigenvalue weighted by atomic mass is 16.2. The predicted octanol–water partition coefficient (Wildman–Crippen LogP) is 3.48. The molecule has 0 aromatic heterocycles. The van der Waals surface area contributed by atoms with Crippen LogP contribution in [0.1, 0.15) is 48.4 Å². The highest BCUT2D eigenvalue weighted by Crippen LogP contribution is 2.37. The van der Waals surface area contributed by atoms with E-state index in [1.807, 2.05) is 4.90 Å². The standard InChI is InChI=1S/C27H35N3O2/c1-21-8-10-23(11-9-21)13-17-30-16-5-14-27(30)18-24-6-3-4-7-25(24)19-29(20-27)26(32)12-15-28-22(2)31/h3-4,6-11H,5,12-20H2,1-2H3,(H,28,31). The van der Waals surface area contributed by atoms with Crippen LogP contribution in [0.3, 0.4) is 0 Å². The average molecular weight is 434 g/mol. The van der Waals surface area contributed by atoms with Gasteiger partial charge in [0.05, 0.1) is 0 Å². The van der Waals surface area contributed by atoms with Crippen LogP contribution in [0.25, 0.3) is 0 Å². The number of nitrogens with one attached hydrogen (secondary N) is 1. The van der Waals surface area contributed by atoms with E-state index in [0.717, 1.165) is 38.9 Å². The number of hydrogen-bond donors (Lipinski definition) is 1. The topological polar surface area (TPSA) is 52.7 Å². The first-order valence-electron chi connectivity index (χ1n) is 11.8. The third-order valence-electron chi connectivity index (χ3n) is 7.08. The zero-order valence-electron chi connectivity index (χ0n) is 19.4. The van der Waals surface area contributed by atoms with Gasteiger partial charge in [0, 0.05) is 45.1 Å². The van der Waals surface area contributed by atoms with Gasteiger partial charge in [-0.05, 0) is 55.8 Å². The van der Waals surface area contributed by atoms with Gasteiger partial charge in [-0.15, -0.1) is 0 Å². The molecule has 2 amide bonds. The SMILES string of the molecule is CC(=O)NCCC(=O)N1Cc2ccccc2CC2(CCCN2CCc2ccc(C)cc2)C1. The number of rotatable bonds is 6. The first kappa shape index (κ1) is 22.5. The van der Waals surface area contributed by atoms with Crippen molar-refractivity contribution in [3.8, 4) is 0 Å². The molecule has 1 spiro atoms. The summed E-state index contributed by atoms with van der Waals surface area (Å²) in [6.07, 6.45) is 4.66. The molecule has 0 radical (unpaired) electrons. The summed E-state index contributed by atoms with van der Waals surface area (Å²) >= 11 is 0. The third-order valence-corrected chi connectivity index (χ3v) is 7.08. The second-order valence-electron chi connectivity index (χ2n) is 9.48. The molecule has 32 heavy (non-hydrogen) atoms. The van der Waals surface area contributed by atoms with Crippen molar-refractivity contribution >= 4 is 11.8 Å². The van der Waals surface area contributed by atoms with Crippen molar-refractivity contribution in [1.29, 1.82) is 0 Å². The van der Waals surface area contributed by atoms with Crippen molar-refractivity contribution in [2.24, 2.45) is 0 Å². The molecule has 170 valence electrons. The Hall–Kier alpha value is -2.66. The largest absolute Gasteiger partial charge is 0.356 e. The van der Waals surface area contributed by atoms with Gasteiger partial charge < -0.3 is 10.2 Å².